The summed E-state index contributed by atoms with van der Waals surface area (Å²) in [7, 11) is 0. The molecule has 0 unspecified atom stereocenters. The molecule has 170 valence electrons. The Bertz CT molecular complexity index is 585. The Morgan fingerprint density at radius 3 is 1.77 bits per heavy atom. The first-order valence-corrected chi connectivity index (χ1v) is 12.2. The van der Waals surface area contributed by atoms with E-state index in [2.05, 4.69) is 12.2 Å². The SMILES string of the molecule is CCCCCCCCCCCCCCCCCC(=O)NCc1cccc(C(=O)O)c1. The van der Waals surface area contributed by atoms with E-state index in [1.54, 1.807) is 18.2 Å². The Balaban J connectivity index is 1.88. The van der Waals surface area contributed by atoms with Gasteiger partial charge in [0.1, 0.15) is 0 Å². The number of amides is 1. The van der Waals surface area contributed by atoms with Crippen LogP contribution in [0.3, 0.4) is 0 Å². The van der Waals surface area contributed by atoms with Gasteiger partial charge in [0.25, 0.3) is 0 Å². The Kier molecular flexibility index (Phi) is 15.7. The van der Waals surface area contributed by atoms with E-state index >= 15 is 0 Å². The second-order valence-corrected chi connectivity index (χ2v) is 8.48. The smallest absolute Gasteiger partial charge is 0.335 e. The van der Waals surface area contributed by atoms with Crippen LogP contribution in [-0.2, 0) is 11.3 Å². The molecule has 0 atom stereocenters. The molecule has 0 aliphatic carbocycles. The molecule has 2 N–H and O–H groups in total. The average molecular weight is 418 g/mol. The number of unbranched alkanes of at least 4 members (excludes halogenated alkanes) is 14. The summed E-state index contributed by atoms with van der Waals surface area (Å²) in [6, 6.07) is 6.71. The maximum absolute atomic E-state index is 11.9. The van der Waals surface area contributed by atoms with Crippen LogP contribution in [0.1, 0.15) is 126 Å². The van der Waals surface area contributed by atoms with Gasteiger partial charge in [-0.3, -0.25) is 4.79 Å². The first-order chi connectivity index (χ1) is 14.6. The van der Waals surface area contributed by atoms with E-state index in [1.165, 1.54) is 83.5 Å². The van der Waals surface area contributed by atoms with Crippen LogP contribution < -0.4 is 5.32 Å². The van der Waals surface area contributed by atoms with Gasteiger partial charge >= 0.3 is 5.97 Å². The molecule has 0 saturated carbocycles. The average Bonchev–Trinajstić information content (AvgIpc) is 2.75. The highest BCUT2D eigenvalue weighted by molar-refractivity contribution is 5.87. The normalized spacial score (nSPS) is 10.8. The van der Waals surface area contributed by atoms with Crippen LogP contribution in [0.4, 0.5) is 0 Å². The molecule has 0 saturated heterocycles. The van der Waals surface area contributed by atoms with Gasteiger partial charge in [-0.15, -0.1) is 0 Å². The molecule has 0 heterocycles. The third-order valence-corrected chi connectivity index (χ3v) is 5.67. The molecular weight excluding hydrogens is 374 g/mol. The number of hydrogen-bond donors (Lipinski definition) is 2. The van der Waals surface area contributed by atoms with Crippen molar-refractivity contribution in [3.63, 3.8) is 0 Å². The molecule has 0 aromatic heterocycles. The van der Waals surface area contributed by atoms with Crippen LogP contribution in [0.5, 0.6) is 0 Å². The third kappa shape index (κ3) is 14.2. The summed E-state index contributed by atoms with van der Waals surface area (Å²) in [6.45, 7) is 2.66. The lowest BCUT2D eigenvalue weighted by Crippen LogP contribution is -2.22. The molecule has 1 amide bonds. The molecule has 0 radical (unpaired) electrons. The van der Waals surface area contributed by atoms with Gasteiger partial charge in [0, 0.05) is 13.0 Å². The van der Waals surface area contributed by atoms with Crippen molar-refractivity contribution >= 4 is 11.9 Å². The zero-order valence-electron chi connectivity index (χ0n) is 19.1. The van der Waals surface area contributed by atoms with E-state index in [-0.39, 0.29) is 11.5 Å². The summed E-state index contributed by atoms with van der Waals surface area (Å²) in [5, 5.41) is 11.9. The van der Waals surface area contributed by atoms with Crippen molar-refractivity contribution in [3.8, 4) is 0 Å². The number of benzene rings is 1. The monoisotopic (exact) mass is 417 g/mol. The minimum absolute atomic E-state index is 0.0467. The summed E-state index contributed by atoms with van der Waals surface area (Å²) in [4.78, 5) is 22.9. The highest BCUT2D eigenvalue weighted by Gasteiger charge is 2.05. The van der Waals surface area contributed by atoms with Crippen molar-refractivity contribution < 1.29 is 14.7 Å². The Labute approximate surface area is 183 Å². The molecule has 0 spiro atoms. The number of carboxylic acid groups (broad SMARTS) is 1. The molecule has 1 rings (SSSR count). The second kappa shape index (κ2) is 18.0. The summed E-state index contributed by atoms with van der Waals surface area (Å²) >= 11 is 0. The van der Waals surface area contributed by atoms with Crippen molar-refractivity contribution in [2.45, 2.75) is 116 Å². The molecule has 0 fully saturated rings. The number of carbonyl (C=O) groups excluding carboxylic acids is 1. The van der Waals surface area contributed by atoms with Crippen LogP contribution in [0.25, 0.3) is 0 Å². The molecule has 1 aromatic rings. The maximum atomic E-state index is 11.9. The number of carboxylic acids is 1. The number of rotatable bonds is 19. The van der Waals surface area contributed by atoms with Crippen LogP contribution in [0.2, 0.25) is 0 Å². The molecule has 0 aliphatic heterocycles. The quantitative estimate of drug-likeness (QED) is 0.233. The predicted octanol–water partition coefficient (Wildman–Crippen LogP) is 7.26. The zero-order chi connectivity index (χ0) is 21.9. The Hall–Kier alpha value is -1.84. The van der Waals surface area contributed by atoms with Crippen LogP contribution in [0.15, 0.2) is 24.3 Å². The van der Waals surface area contributed by atoms with Crippen LogP contribution in [0, 0.1) is 0 Å². The van der Waals surface area contributed by atoms with Gasteiger partial charge in [-0.2, -0.15) is 0 Å². The summed E-state index contributed by atoms with van der Waals surface area (Å²) in [5.74, 6) is -0.897. The second-order valence-electron chi connectivity index (χ2n) is 8.48. The van der Waals surface area contributed by atoms with E-state index in [4.69, 9.17) is 5.11 Å². The van der Waals surface area contributed by atoms with Gasteiger partial charge in [-0.25, -0.2) is 4.79 Å². The fourth-order valence-electron chi connectivity index (χ4n) is 3.76. The zero-order valence-corrected chi connectivity index (χ0v) is 19.1. The van der Waals surface area contributed by atoms with Gasteiger partial charge < -0.3 is 10.4 Å². The van der Waals surface area contributed by atoms with Gasteiger partial charge in [-0.05, 0) is 24.1 Å². The third-order valence-electron chi connectivity index (χ3n) is 5.67. The summed E-state index contributed by atoms with van der Waals surface area (Å²) < 4.78 is 0. The lowest BCUT2D eigenvalue weighted by molar-refractivity contribution is -0.121. The number of nitrogens with one attached hydrogen (secondary N) is 1. The van der Waals surface area contributed by atoms with Crippen LogP contribution >= 0.6 is 0 Å². The van der Waals surface area contributed by atoms with E-state index in [1.807, 2.05) is 6.07 Å². The van der Waals surface area contributed by atoms with E-state index < -0.39 is 5.97 Å². The maximum Gasteiger partial charge on any atom is 0.335 e. The largest absolute Gasteiger partial charge is 0.478 e. The molecular formula is C26H43NO3. The van der Waals surface area contributed by atoms with Crippen molar-refractivity contribution in [2.24, 2.45) is 0 Å². The fourth-order valence-corrected chi connectivity index (χ4v) is 3.76. The molecule has 4 heteroatoms. The summed E-state index contributed by atoms with van der Waals surface area (Å²) in [5.41, 5.74) is 1.07. The number of aromatic carboxylic acids is 1. The van der Waals surface area contributed by atoms with Gasteiger partial charge in [0.2, 0.25) is 5.91 Å². The van der Waals surface area contributed by atoms with Gasteiger partial charge in [0.05, 0.1) is 5.56 Å². The molecule has 0 bridgehead atoms. The highest BCUT2D eigenvalue weighted by atomic mass is 16.4. The van der Waals surface area contributed by atoms with Crippen molar-refractivity contribution in [1.29, 1.82) is 0 Å². The van der Waals surface area contributed by atoms with E-state index in [0.717, 1.165) is 18.4 Å². The lowest BCUT2D eigenvalue weighted by Gasteiger charge is -2.06. The Morgan fingerprint density at radius 2 is 1.27 bits per heavy atom. The molecule has 1 aromatic carbocycles. The first-order valence-electron chi connectivity index (χ1n) is 12.2. The molecule has 30 heavy (non-hydrogen) atoms. The lowest BCUT2D eigenvalue weighted by atomic mass is 10.0. The molecule has 4 nitrogen and oxygen atoms in total. The van der Waals surface area contributed by atoms with E-state index in [0.29, 0.717) is 13.0 Å². The van der Waals surface area contributed by atoms with Gasteiger partial charge in [0.15, 0.2) is 0 Å². The Morgan fingerprint density at radius 1 is 0.767 bits per heavy atom. The number of carbonyl (C=O) groups is 2. The minimum Gasteiger partial charge on any atom is -0.478 e. The fraction of sp³-hybridized carbons (Fsp3) is 0.692. The van der Waals surface area contributed by atoms with Crippen LogP contribution in [-0.4, -0.2) is 17.0 Å². The van der Waals surface area contributed by atoms with E-state index in [9.17, 15) is 9.59 Å². The standard InChI is InChI=1S/C26H43NO3/c1-2-3-4-5-6-7-8-9-10-11-12-13-14-15-16-20-25(28)27-22-23-18-17-19-24(21-23)26(29)30/h17-19,21H,2-16,20,22H2,1H3,(H,27,28)(H,29,30). The molecule has 0 aliphatic rings. The van der Waals surface area contributed by atoms with Crippen molar-refractivity contribution in [3.05, 3.63) is 35.4 Å². The van der Waals surface area contributed by atoms with Crippen molar-refractivity contribution in [1.82, 2.24) is 5.32 Å². The minimum atomic E-state index is -0.944. The first kappa shape index (κ1) is 26.2. The number of hydrogen-bond acceptors (Lipinski definition) is 2. The predicted molar refractivity (Wildman–Crippen MR) is 125 cm³/mol. The van der Waals surface area contributed by atoms with Crippen molar-refractivity contribution in [2.75, 3.05) is 0 Å². The van der Waals surface area contributed by atoms with Gasteiger partial charge in [-0.1, -0.05) is 109 Å². The topological polar surface area (TPSA) is 66.4 Å². The highest BCUT2D eigenvalue weighted by Crippen LogP contribution is 2.13. The summed E-state index contributed by atoms with van der Waals surface area (Å²) in [6.07, 6.45) is 20.3.